The van der Waals surface area contributed by atoms with Crippen LogP contribution in [0.4, 0.5) is 23.2 Å². The summed E-state index contributed by atoms with van der Waals surface area (Å²) in [5.41, 5.74) is -2.56. The second kappa shape index (κ2) is 4.00. The van der Waals surface area contributed by atoms with Gasteiger partial charge in [-0.2, -0.15) is 13.2 Å². The lowest BCUT2D eigenvalue weighted by Gasteiger charge is -2.06. The maximum Gasteiger partial charge on any atom is 0.454 e. The van der Waals surface area contributed by atoms with Crippen molar-refractivity contribution in [1.82, 2.24) is 0 Å². The zero-order chi connectivity index (χ0) is 13.4. The van der Waals surface area contributed by atoms with Gasteiger partial charge in [0, 0.05) is 11.6 Å². The van der Waals surface area contributed by atoms with Crippen LogP contribution in [-0.4, -0.2) is 22.0 Å². The van der Waals surface area contributed by atoms with Gasteiger partial charge in [0.2, 0.25) is 5.75 Å². The van der Waals surface area contributed by atoms with Crippen molar-refractivity contribution in [2.75, 3.05) is 0 Å². The largest absolute Gasteiger partial charge is 0.500 e. The van der Waals surface area contributed by atoms with Crippen molar-refractivity contribution in [3.63, 3.8) is 0 Å². The minimum Gasteiger partial charge on any atom is -0.500 e. The number of nitro benzene ring substituents is 1. The number of hydrogen-bond donors (Lipinski definition) is 1. The highest BCUT2D eigenvalue weighted by Crippen LogP contribution is 2.32. The number of benzene rings is 1. The molecule has 17 heavy (non-hydrogen) atoms. The van der Waals surface area contributed by atoms with Crippen LogP contribution in [0.15, 0.2) is 12.1 Å². The predicted molar refractivity (Wildman–Crippen MR) is 45.1 cm³/mol. The lowest BCUT2D eigenvalue weighted by Crippen LogP contribution is -2.23. The van der Waals surface area contributed by atoms with Gasteiger partial charge in [-0.05, 0) is 6.07 Å². The average molecular weight is 253 g/mol. The summed E-state index contributed by atoms with van der Waals surface area (Å²) in [7, 11) is 0. The molecule has 0 amide bonds. The van der Waals surface area contributed by atoms with Gasteiger partial charge < -0.3 is 5.11 Å². The van der Waals surface area contributed by atoms with Gasteiger partial charge in [-0.1, -0.05) is 0 Å². The molecule has 1 aromatic carbocycles. The molecule has 1 rings (SSSR count). The van der Waals surface area contributed by atoms with Gasteiger partial charge in [-0.25, -0.2) is 4.39 Å². The van der Waals surface area contributed by atoms with E-state index in [-0.39, 0.29) is 12.1 Å². The second-order valence-corrected chi connectivity index (χ2v) is 2.91. The Hall–Kier alpha value is -2.19. The second-order valence-electron chi connectivity index (χ2n) is 2.91. The zero-order valence-corrected chi connectivity index (χ0v) is 7.79. The molecule has 5 nitrogen and oxygen atoms in total. The molecule has 1 N–H and O–H groups in total. The van der Waals surface area contributed by atoms with E-state index in [1.807, 2.05) is 0 Å². The predicted octanol–water partition coefficient (Wildman–Crippen LogP) is 2.18. The Kier molecular flexibility index (Phi) is 3.03. The number of rotatable bonds is 2. The number of ketones is 1. The molecule has 0 aromatic heterocycles. The van der Waals surface area contributed by atoms with E-state index < -0.39 is 39.7 Å². The monoisotopic (exact) mass is 253 g/mol. The summed E-state index contributed by atoms with van der Waals surface area (Å²) >= 11 is 0. The van der Waals surface area contributed by atoms with Crippen LogP contribution in [0.1, 0.15) is 10.4 Å². The molecule has 0 aliphatic carbocycles. The number of Topliss-reactive ketones (excluding diaryl/α,β-unsaturated/α-hetero) is 1. The van der Waals surface area contributed by atoms with E-state index in [9.17, 15) is 32.5 Å². The first kappa shape index (κ1) is 12.9. The fourth-order valence-corrected chi connectivity index (χ4v) is 1.02. The molecule has 0 spiro atoms. The van der Waals surface area contributed by atoms with Gasteiger partial charge in [-0.15, -0.1) is 0 Å². The zero-order valence-electron chi connectivity index (χ0n) is 7.79. The molecule has 0 saturated heterocycles. The molecule has 0 saturated carbocycles. The standard InChI is InChI=1S/C8H3F4NO4/c9-4-1-3(7(15)8(10,11)12)2-5(6(4)14)13(16)17/h1-2,14H. The maximum atomic E-state index is 12.9. The molecule has 0 atom stereocenters. The van der Waals surface area contributed by atoms with Crippen molar-refractivity contribution < 1.29 is 32.4 Å². The number of aromatic hydroxyl groups is 1. The van der Waals surface area contributed by atoms with Crippen molar-refractivity contribution in [3.05, 3.63) is 33.6 Å². The number of phenolic OH excluding ortho intramolecular Hbond substituents is 1. The van der Waals surface area contributed by atoms with E-state index in [4.69, 9.17) is 5.11 Å². The number of halogens is 4. The fraction of sp³-hybridized carbons (Fsp3) is 0.125. The van der Waals surface area contributed by atoms with Crippen molar-refractivity contribution in [3.8, 4) is 5.75 Å². The van der Waals surface area contributed by atoms with Gasteiger partial charge in [0.25, 0.3) is 5.78 Å². The Labute approximate surface area is 90.4 Å². The molecule has 0 heterocycles. The van der Waals surface area contributed by atoms with Crippen molar-refractivity contribution >= 4 is 11.5 Å². The minimum atomic E-state index is -5.28. The molecule has 0 aliphatic heterocycles. The van der Waals surface area contributed by atoms with Crippen LogP contribution in [0.25, 0.3) is 0 Å². The highest BCUT2D eigenvalue weighted by molar-refractivity contribution is 6.01. The average Bonchev–Trinajstić information content (AvgIpc) is 2.19. The number of alkyl halides is 3. The molecular formula is C8H3F4NO4. The highest BCUT2D eigenvalue weighted by Gasteiger charge is 2.40. The summed E-state index contributed by atoms with van der Waals surface area (Å²) in [5.74, 6) is -5.53. The van der Waals surface area contributed by atoms with Crippen LogP contribution in [0.5, 0.6) is 5.75 Å². The first-order valence-electron chi connectivity index (χ1n) is 3.93. The number of nitrogens with zero attached hydrogens (tertiary/aromatic N) is 1. The third-order valence-corrected chi connectivity index (χ3v) is 1.76. The van der Waals surface area contributed by atoms with E-state index in [0.717, 1.165) is 0 Å². The Morgan fingerprint density at radius 3 is 2.29 bits per heavy atom. The number of nitro groups is 1. The third-order valence-electron chi connectivity index (χ3n) is 1.76. The van der Waals surface area contributed by atoms with Crippen LogP contribution < -0.4 is 0 Å². The highest BCUT2D eigenvalue weighted by atomic mass is 19.4. The first-order chi connectivity index (χ1) is 7.64. The van der Waals surface area contributed by atoms with Gasteiger partial charge >= 0.3 is 11.9 Å². The minimum absolute atomic E-state index is 0.0815. The third kappa shape index (κ3) is 2.49. The summed E-state index contributed by atoms with van der Waals surface area (Å²) < 4.78 is 48.9. The number of carbonyl (C=O) groups is 1. The Balaban J connectivity index is 3.39. The fourth-order valence-electron chi connectivity index (χ4n) is 1.02. The number of phenols is 1. The Morgan fingerprint density at radius 2 is 1.88 bits per heavy atom. The lowest BCUT2D eigenvalue weighted by molar-refractivity contribution is -0.386. The Morgan fingerprint density at radius 1 is 1.35 bits per heavy atom. The summed E-state index contributed by atoms with van der Waals surface area (Å²) in [5, 5.41) is 19.2. The van der Waals surface area contributed by atoms with E-state index >= 15 is 0 Å². The molecule has 0 radical (unpaired) electrons. The number of carbonyl (C=O) groups excluding carboxylic acids is 1. The summed E-state index contributed by atoms with van der Waals surface area (Å²) in [6, 6.07) is 0.242. The molecule has 0 bridgehead atoms. The SMILES string of the molecule is O=C(c1cc(F)c(O)c([N+](=O)[O-])c1)C(F)(F)F. The van der Waals surface area contributed by atoms with E-state index in [1.54, 1.807) is 0 Å². The normalized spacial score (nSPS) is 11.3. The molecule has 0 aliphatic rings. The van der Waals surface area contributed by atoms with Crippen LogP contribution >= 0.6 is 0 Å². The van der Waals surface area contributed by atoms with Crippen molar-refractivity contribution in [2.45, 2.75) is 6.18 Å². The summed E-state index contributed by atoms with van der Waals surface area (Å²) in [6.45, 7) is 0. The summed E-state index contributed by atoms with van der Waals surface area (Å²) in [4.78, 5) is 19.7. The van der Waals surface area contributed by atoms with Crippen molar-refractivity contribution in [1.29, 1.82) is 0 Å². The molecule has 92 valence electrons. The smallest absolute Gasteiger partial charge is 0.454 e. The van der Waals surface area contributed by atoms with Gasteiger partial charge in [0.1, 0.15) is 0 Å². The quantitative estimate of drug-likeness (QED) is 0.379. The lowest BCUT2D eigenvalue weighted by atomic mass is 10.1. The van der Waals surface area contributed by atoms with Crippen molar-refractivity contribution in [2.24, 2.45) is 0 Å². The van der Waals surface area contributed by atoms with E-state index in [2.05, 4.69) is 0 Å². The molecule has 0 fully saturated rings. The van der Waals surface area contributed by atoms with E-state index in [1.165, 1.54) is 0 Å². The van der Waals surface area contributed by atoms with Crippen LogP contribution in [0, 0.1) is 15.9 Å². The number of hydrogen-bond acceptors (Lipinski definition) is 4. The summed E-state index contributed by atoms with van der Waals surface area (Å²) in [6.07, 6.45) is -5.28. The van der Waals surface area contributed by atoms with Gasteiger partial charge in [0.05, 0.1) is 4.92 Å². The molecule has 0 unspecified atom stereocenters. The van der Waals surface area contributed by atoms with Crippen LogP contribution in [0.3, 0.4) is 0 Å². The van der Waals surface area contributed by atoms with Gasteiger partial charge in [-0.3, -0.25) is 14.9 Å². The van der Waals surface area contributed by atoms with E-state index in [0.29, 0.717) is 0 Å². The maximum absolute atomic E-state index is 12.9. The van der Waals surface area contributed by atoms with Gasteiger partial charge in [0.15, 0.2) is 5.82 Å². The molecule has 1 aromatic rings. The first-order valence-corrected chi connectivity index (χ1v) is 3.93. The van der Waals surface area contributed by atoms with Crippen LogP contribution in [-0.2, 0) is 0 Å². The molecular weight excluding hydrogens is 250 g/mol. The van der Waals surface area contributed by atoms with Crippen LogP contribution in [0.2, 0.25) is 0 Å². The Bertz CT molecular complexity index is 497. The topological polar surface area (TPSA) is 80.4 Å². The molecule has 9 heteroatoms.